The Morgan fingerprint density at radius 1 is 1.19 bits per heavy atom. The van der Waals surface area contributed by atoms with E-state index in [0.717, 1.165) is 27.0 Å². The van der Waals surface area contributed by atoms with Crippen LogP contribution in [0.1, 0.15) is 5.56 Å². The van der Waals surface area contributed by atoms with Crippen molar-refractivity contribution in [1.82, 2.24) is 0 Å². The third-order valence-electron chi connectivity index (χ3n) is 2.28. The van der Waals surface area contributed by atoms with Gasteiger partial charge < -0.3 is 0 Å². The lowest BCUT2D eigenvalue weighted by Gasteiger charge is -2.03. The third-order valence-corrected chi connectivity index (χ3v) is 2.97. The molecule has 0 bridgehead atoms. The number of benzene rings is 2. The molecule has 0 unspecified atom stereocenters. The largest absolute Gasteiger partial charge is 0.259 e. The summed E-state index contributed by atoms with van der Waals surface area (Å²) in [5.74, 6) is 0. The molecule has 0 heterocycles. The van der Waals surface area contributed by atoms with E-state index in [-0.39, 0.29) is 0 Å². The lowest BCUT2D eigenvalue weighted by Crippen LogP contribution is -1.85. The smallest absolute Gasteiger partial charge is 0.235 e. The van der Waals surface area contributed by atoms with Crippen molar-refractivity contribution in [2.45, 2.75) is 0 Å². The van der Waals surface area contributed by atoms with Crippen LogP contribution in [-0.2, 0) is 0 Å². The Balaban J connectivity index is 2.66. The molecule has 80 valence electrons. The SMILES string of the molecule is O=[N+]([O-])C=Cc1c(Br)ccc2ccccc12. The van der Waals surface area contributed by atoms with Gasteiger partial charge in [0.1, 0.15) is 0 Å². The zero-order valence-electron chi connectivity index (χ0n) is 8.26. The number of nitrogens with zero attached hydrogens (tertiary/aromatic N) is 1. The van der Waals surface area contributed by atoms with E-state index in [1.54, 1.807) is 0 Å². The second-order valence-corrected chi connectivity index (χ2v) is 4.14. The van der Waals surface area contributed by atoms with Gasteiger partial charge in [0.25, 0.3) is 0 Å². The fourth-order valence-corrected chi connectivity index (χ4v) is 2.05. The van der Waals surface area contributed by atoms with Crippen LogP contribution in [-0.4, -0.2) is 4.92 Å². The van der Waals surface area contributed by atoms with E-state index in [0.29, 0.717) is 0 Å². The molecule has 2 aromatic rings. The van der Waals surface area contributed by atoms with Crippen LogP contribution in [0.3, 0.4) is 0 Å². The van der Waals surface area contributed by atoms with Gasteiger partial charge in [-0.1, -0.05) is 46.3 Å². The van der Waals surface area contributed by atoms with E-state index in [9.17, 15) is 10.1 Å². The highest BCUT2D eigenvalue weighted by Gasteiger charge is 2.03. The van der Waals surface area contributed by atoms with Gasteiger partial charge in [0.05, 0.1) is 4.92 Å². The molecule has 2 aromatic carbocycles. The molecular weight excluding hydrogens is 270 g/mol. The second kappa shape index (κ2) is 4.45. The summed E-state index contributed by atoms with van der Waals surface area (Å²) >= 11 is 3.39. The van der Waals surface area contributed by atoms with Gasteiger partial charge in [0, 0.05) is 16.1 Å². The Morgan fingerprint density at radius 3 is 2.69 bits per heavy atom. The fraction of sp³-hybridized carbons (Fsp3) is 0. The molecular formula is C12H8BrNO2. The Hall–Kier alpha value is -1.68. The molecule has 0 spiro atoms. The highest BCUT2D eigenvalue weighted by atomic mass is 79.9. The van der Waals surface area contributed by atoms with Crippen molar-refractivity contribution in [2.24, 2.45) is 0 Å². The van der Waals surface area contributed by atoms with Crippen molar-refractivity contribution in [3.8, 4) is 0 Å². The molecule has 16 heavy (non-hydrogen) atoms. The third kappa shape index (κ3) is 2.12. The summed E-state index contributed by atoms with van der Waals surface area (Å²) < 4.78 is 0.851. The first-order valence-electron chi connectivity index (χ1n) is 4.67. The van der Waals surface area contributed by atoms with Gasteiger partial charge in [-0.3, -0.25) is 10.1 Å². The number of halogens is 1. The predicted octanol–water partition coefficient (Wildman–Crippen LogP) is 3.85. The zero-order valence-corrected chi connectivity index (χ0v) is 9.85. The van der Waals surface area contributed by atoms with E-state index >= 15 is 0 Å². The van der Waals surface area contributed by atoms with Gasteiger partial charge in [-0.05, 0) is 16.8 Å². The van der Waals surface area contributed by atoms with Crippen LogP contribution >= 0.6 is 15.9 Å². The van der Waals surface area contributed by atoms with Crippen LogP contribution in [0.15, 0.2) is 47.1 Å². The van der Waals surface area contributed by atoms with Crippen molar-refractivity contribution in [3.63, 3.8) is 0 Å². The van der Waals surface area contributed by atoms with Crippen LogP contribution in [0.5, 0.6) is 0 Å². The molecule has 0 radical (unpaired) electrons. The minimum atomic E-state index is -0.464. The van der Waals surface area contributed by atoms with Crippen LogP contribution in [0.25, 0.3) is 16.8 Å². The molecule has 0 fully saturated rings. The Morgan fingerprint density at radius 2 is 1.94 bits per heavy atom. The van der Waals surface area contributed by atoms with Crippen LogP contribution in [0.2, 0.25) is 0 Å². The van der Waals surface area contributed by atoms with Gasteiger partial charge in [0.15, 0.2) is 0 Å². The molecule has 0 saturated heterocycles. The first-order chi connectivity index (χ1) is 7.68. The molecule has 2 rings (SSSR count). The maximum atomic E-state index is 10.3. The van der Waals surface area contributed by atoms with E-state index in [2.05, 4.69) is 15.9 Å². The van der Waals surface area contributed by atoms with Crippen molar-refractivity contribution in [1.29, 1.82) is 0 Å². The average molecular weight is 278 g/mol. The first-order valence-corrected chi connectivity index (χ1v) is 5.47. The van der Waals surface area contributed by atoms with Gasteiger partial charge in [-0.25, -0.2) is 0 Å². The molecule has 0 N–H and O–H groups in total. The topological polar surface area (TPSA) is 43.1 Å². The summed E-state index contributed by atoms with van der Waals surface area (Å²) in [5.41, 5.74) is 0.829. The summed E-state index contributed by atoms with van der Waals surface area (Å²) in [6.45, 7) is 0. The lowest BCUT2D eigenvalue weighted by molar-refractivity contribution is -0.400. The van der Waals surface area contributed by atoms with E-state index in [1.165, 1.54) is 6.08 Å². The lowest BCUT2D eigenvalue weighted by atomic mass is 10.0. The Labute approximate surface area is 101 Å². The van der Waals surface area contributed by atoms with Crippen molar-refractivity contribution >= 4 is 32.8 Å². The molecule has 0 saturated carbocycles. The van der Waals surface area contributed by atoms with Gasteiger partial charge >= 0.3 is 0 Å². The van der Waals surface area contributed by atoms with E-state index < -0.39 is 4.92 Å². The van der Waals surface area contributed by atoms with E-state index in [4.69, 9.17) is 0 Å². The quantitative estimate of drug-likeness (QED) is 0.618. The summed E-state index contributed by atoms with van der Waals surface area (Å²) in [4.78, 5) is 9.86. The fourth-order valence-electron chi connectivity index (χ4n) is 1.57. The van der Waals surface area contributed by atoms with Gasteiger partial charge in [-0.2, -0.15) is 0 Å². The standard InChI is InChI=1S/C12H8BrNO2/c13-12-6-5-9-3-1-2-4-10(9)11(12)7-8-14(15)16/h1-8H. The summed E-state index contributed by atoms with van der Waals surface area (Å²) in [7, 11) is 0. The monoisotopic (exact) mass is 277 g/mol. The first kappa shape index (κ1) is 10.8. The summed E-state index contributed by atoms with van der Waals surface area (Å²) in [5, 5.41) is 12.4. The molecule has 0 aliphatic rings. The van der Waals surface area contributed by atoms with Crippen LogP contribution < -0.4 is 0 Å². The van der Waals surface area contributed by atoms with Crippen molar-refractivity contribution in [2.75, 3.05) is 0 Å². The van der Waals surface area contributed by atoms with Gasteiger partial charge in [0.2, 0.25) is 6.20 Å². The zero-order chi connectivity index (χ0) is 11.5. The Bertz CT molecular complexity index is 578. The van der Waals surface area contributed by atoms with Crippen LogP contribution in [0, 0.1) is 10.1 Å². The van der Waals surface area contributed by atoms with Crippen molar-refractivity contribution < 1.29 is 4.92 Å². The number of hydrogen-bond acceptors (Lipinski definition) is 2. The molecule has 0 aromatic heterocycles. The highest BCUT2D eigenvalue weighted by molar-refractivity contribution is 9.10. The minimum Gasteiger partial charge on any atom is -0.259 e. The highest BCUT2D eigenvalue weighted by Crippen LogP contribution is 2.27. The number of fused-ring (bicyclic) bond motifs is 1. The average Bonchev–Trinajstić information content (AvgIpc) is 2.27. The minimum absolute atomic E-state index is 0.464. The van der Waals surface area contributed by atoms with E-state index in [1.807, 2.05) is 36.4 Å². The maximum absolute atomic E-state index is 10.3. The second-order valence-electron chi connectivity index (χ2n) is 3.28. The molecule has 3 nitrogen and oxygen atoms in total. The summed E-state index contributed by atoms with van der Waals surface area (Å²) in [6, 6.07) is 11.6. The molecule has 0 amide bonds. The summed E-state index contributed by atoms with van der Waals surface area (Å²) in [6.07, 6.45) is 2.46. The Kier molecular flexibility index (Phi) is 3.01. The number of hydrogen-bond donors (Lipinski definition) is 0. The predicted molar refractivity (Wildman–Crippen MR) is 67.7 cm³/mol. The van der Waals surface area contributed by atoms with Gasteiger partial charge in [-0.15, -0.1) is 0 Å². The maximum Gasteiger partial charge on any atom is 0.235 e. The van der Waals surface area contributed by atoms with Crippen molar-refractivity contribution in [3.05, 3.63) is 62.7 Å². The molecule has 0 aliphatic heterocycles. The normalized spacial score (nSPS) is 11.1. The molecule has 4 heteroatoms. The van der Waals surface area contributed by atoms with Crippen LogP contribution in [0.4, 0.5) is 0 Å². The molecule has 0 aliphatic carbocycles. The number of rotatable bonds is 2. The molecule has 0 atom stereocenters. The number of nitro groups is 1.